The fraction of sp³-hybridized carbons (Fsp3) is 0. The second-order valence-corrected chi connectivity index (χ2v) is 5.27. The van der Waals surface area contributed by atoms with Crippen molar-refractivity contribution in [2.75, 3.05) is 5.73 Å². The average molecular weight is 324 g/mol. The third-order valence-corrected chi connectivity index (χ3v) is 3.71. The van der Waals surface area contributed by atoms with Crippen LogP contribution in [0.4, 0.5) is 14.5 Å². The van der Waals surface area contributed by atoms with Crippen LogP contribution in [0.2, 0.25) is 0 Å². The summed E-state index contributed by atoms with van der Waals surface area (Å²) in [4.78, 5) is 7.82. The Morgan fingerprint density at radius 2 is 1.88 bits per heavy atom. The summed E-state index contributed by atoms with van der Waals surface area (Å²) in [5.74, 6) is -1.48. The maximum atomic E-state index is 14.5. The molecule has 0 fully saturated rings. The number of nitrogen functional groups attached to an aromatic ring is 1. The van der Waals surface area contributed by atoms with E-state index in [1.807, 2.05) is 0 Å². The standard InChI is InChI=1S/C17H10F2N4O/c18-9-5-11(19)14-12(6-9)24-17-15(16(21)22-7-23-17)13(14)8-2-1-3-10(20)4-8/h1-7,21H,20H2. The first-order valence-corrected chi connectivity index (χ1v) is 7.01. The average Bonchev–Trinajstić information content (AvgIpc) is 2.53. The number of fused-ring (bicyclic) bond motifs is 2. The van der Waals surface area contributed by atoms with E-state index < -0.39 is 11.6 Å². The molecule has 0 aliphatic carbocycles. The summed E-state index contributed by atoms with van der Waals surface area (Å²) in [6.45, 7) is 0. The molecule has 2 aromatic rings. The molecular formula is C17H10F2N4O. The second-order valence-electron chi connectivity index (χ2n) is 5.27. The lowest BCUT2D eigenvalue weighted by Crippen LogP contribution is -2.13. The number of anilines is 1. The summed E-state index contributed by atoms with van der Waals surface area (Å²) in [5, 5.41) is 8.11. The number of rotatable bonds is 1. The van der Waals surface area contributed by atoms with Crippen LogP contribution < -0.4 is 11.2 Å². The first-order chi connectivity index (χ1) is 11.5. The number of nitrogens with two attached hydrogens (primary N) is 1. The van der Waals surface area contributed by atoms with Gasteiger partial charge in [-0.3, -0.25) is 5.41 Å². The molecule has 5 nitrogen and oxygen atoms in total. The first-order valence-electron chi connectivity index (χ1n) is 7.01. The molecule has 0 amide bonds. The Labute approximate surface area is 134 Å². The lowest BCUT2D eigenvalue weighted by atomic mass is 9.95. The van der Waals surface area contributed by atoms with Gasteiger partial charge in [-0.25, -0.2) is 18.7 Å². The van der Waals surface area contributed by atoms with Gasteiger partial charge in [0.05, 0.1) is 10.9 Å². The van der Waals surface area contributed by atoms with E-state index >= 15 is 0 Å². The first kappa shape index (κ1) is 14.3. The van der Waals surface area contributed by atoms with Crippen LogP contribution in [0.3, 0.4) is 0 Å². The molecule has 0 aromatic heterocycles. The largest absolute Gasteiger partial charge is 0.437 e. The van der Waals surface area contributed by atoms with Gasteiger partial charge in [0.1, 0.15) is 23.5 Å². The van der Waals surface area contributed by atoms with Crippen LogP contribution in [0, 0.1) is 17.0 Å². The number of halogens is 2. The minimum Gasteiger partial charge on any atom is -0.437 e. The van der Waals surface area contributed by atoms with E-state index in [0.717, 1.165) is 12.1 Å². The van der Waals surface area contributed by atoms with E-state index in [1.54, 1.807) is 24.3 Å². The van der Waals surface area contributed by atoms with Gasteiger partial charge in [0.15, 0.2) is 5.49 Å². The normalized spacial score (nSPS) is 11.2. The summed E-state index contributed by atoms with van der Waals surface area (Å²) in [6, 6.07) is 8.62. The third-order valence-electron chi connectivity index (χ3n) is 3.71. The summed E-state index contributed by atoms with van der Waals surface area (Å²) in [7, 11) is 0. The molecule has 0 bridgehead atoms. The number of benzene rings is 2. The molecule has 2 aromatic carbocycles. The van der Waals surface area contributed by atoms with Crippen molar-refractivity contribution in [3.05, 3.63) is 59.8 Å². The van der Waals surface area contributed by atoms with E-state index in [2.05, 4.69) is 9.97 Å². The molecule has 0 spiro atoms. The van der Waals surface area contributed by atoms with Crippen molar-refractivity contribution >= 4 is 16.7 Å². The van der Waals surface area contributed by atoms with Crippen molar-refractivity contribution in [3.63, 3.8) is 0 Å². The molecular weight excluding hydrogens is 314 g/mol. The van der Waals surface area contributed by atoms with E-state index in [4.69, 9.17) is 15.6 Å². The highest BCUT2D eigenvalue weighted by molar-refractivity contribution is 6.01. The molecule has 7 heteroatoms. The Morgan fingerprint density at radius 1 is 1.04 bits per heavy atom. The maximum absolute atomic E-state index is 14.5. The number of aromatic nitrogens is 2. The van der Waals surface area contributed by atoms with Gasteiger partial charge in [0, 0.05) is 23.4 Å². The third kappa shape index (κ3) is 2.10. The number of nitrogens with zero attached hydrogens (tertiary/aromatic N) is 2. The van der Waals surface area contributed by atoms with Gasteiger partial charge in [-0.15, -0.1) is 0 Å². The van der Waals surface area contributed by atoms with Crippen molar-refractivity contribution in [1.29, 1.82) is 5.41 Å². The van der Waals surface area contributed by atoms with E-state index in [-0.39, 0.29) is 27.9 Å². The van der Waals surface area contributed by atoms with E-state index in [9.17, 15) is 8.78 Å². The smallest absolute Gasteiger partial charge is 0.232 e. The summed E-state index contributed by atoms with van der Waals surface area (Å²) >= 11 is 0. The molecule has 0 radical (unpaired) electrons. The monoisotopic (exact) mass is 324 g/mol. The minimum atomic E-state index is -0.795. The van der Waals surface area contributed by atoms with Gasteiger partial charge < -0.3 is 10.2 Å². The summed E-state index contributed by atoms with van der Waals surface area (Å²) < 4.78 is 33.6. The minimum absolute atomic E-state index is 0.00414. The molecule has 4 rings (SSSR count). The molecule has 0 atom stereocenters. The number of nitrogens with one attached hydrogen (secondary N) is 1. The zero-order chi connectivity index (χ0) is 16.8. The molecule has 118 valence electrons. The van der Waals surface area contributed by atoms with Crippen molar-refractivity contribution < 1.29 is 13.2 Å². The Kier molecular flexibility index (Phi) is 3.02. The second kappa shape index (κ2) is 5.09. The molecule has 2 aliphatic heterocycles. The lowest BCUT2D eigenvalue weighted by molar-refractivity contribution is 0.564. The topological polar surface area (TPSA) is 88.8 Å². The van der Waals surface area contributed by atoms with Crippen LogP contribution in [-0.4, -0.2) is 9.97 Å². The zero-order valence-corrected chi connectivity index (χ0v) is 12.2. The van der Waals surface area contributed by atoms with Gasteiger partial charge in [-0.05, 0) is 17.7 Å². The van der Waals surface area contributed by atoms with Crippen LogP contribution in [-0.2, 0) is 0 Å². The molecule has 0 unspecified atom stereocenters. The van der Waals surface area contributed by atoms with Crippen LogP contribution in [0.25, 0.3) is 33.6 Å². The van der Waals surface area contributed by atoms with Crippen LogP contribution >= 0.6 is 0 Å². The van der Waals surface area contributed by atoms with Gasteiger partial charge in [-0.2, -0.15) is 0 Å². The summed E-state index contributed by atoms with van der Waals surface area (Å²) in [6.07, 6.45) is 1.17. The Balaban J connectivity index is 2.29. The highest BCUT2D eigenvalue weighted by Gasteiger charge is 2.23. The Morgan fingerprint density at radius 3 is 2.67 bits per heavy atom. The Bertz CT molecular complexity index is 1120. The quantitative estimate of drug-likeness (QED) is 0.415. The SMILES string of the molecule is N=c1ncnc2oc3cc(F)cc(F)c3c(-c3cccc(N)c3)c1-2. The van der Waals surface area contributed by atoms with E-state index in [0.29, 0.717) is 16.8 Å². The Hall–Kier alpha value is -3.35. The fourth-order valence-electron chi connectivity index (χ4n) is 2.76. The molecule has 0 saturated heterocycles. The van der Waals surface area contributed by atoms with E-state index in [1.165, 1.54) is 6.33 Å². The van der Waals surface area contributed by atoms with Crippen LogP contribution in [0.1, 0.15) is 0 Å². The van der Waals surface area contributed by atoms with Crippen molar-refractivity contribution in [1.82, 2.24) is 9.97 Å². The predicted octanol–water partition coefficient (Wildman–Crippen LogP) is 3.33. The van der Waals surface area contributed by atoms with Gasteiger partial charge in [-0.1, -0.05) is 12.1 Å². The highest BCUT2D eigenvalue weighted by atomic mass is 19.1. The molecule has 0 saturated carbocycles. The fourth-order valence-corrected chi connectivity index (χ4v) is 2.76. The van der Waals surface area contributed by atoms with Crippen molar-refractivity contribution in [3.8, 4) is 22.6 Å². The van der Waals surface area contributed by atoms with Crippen molar-refractivity contribution in [2.24, 2.45) is 0 Å². The summed E-state index contributed by atoms with van der Waals surface area (Å²) in [5.41, 5.74) is 7.33. The van der Waals surface area contributed by atoms with Crippen molar-refractivity contribution in [2.45, 2.75) is 0 Å². The molecule has 2 aliphatic rings. The van der Waals surface area contributed by atoms with Gasteiger partial charge in [0.2, 0.25) is 5.89 Å². The van der Waals surface area contributed by atoms with Gasteiger partial charge >= 0.3 is 0 Å². The highest BCUT2D eigenvalue weighted by Crippen LogP contribution is 2.39. The molecule has 24 heavy (non-hydrogen) atoms. The number of hydrogen-bond acceptors (Lipinski definition) is 5. The predicted molar refractivity (Wildman–Crippen MR) is 84.0 cm³/mol. The molecule has 3 N–H and O–H groups in total. The van der Waals surface area contributed by atoms with Crippen LogP contribution in [0.5, 0.6) is 0 Å². The number of hydrogen-bond donors (Lipinski definition) is 2. The lowest BCUT2D eigenvalue weighted by Gasteiger charge is -2.14. The zero-order valence-electron chi connectivity index (χ0n) is 12.2. The van der Waals surface area contributed by atoms with Crippen LogP contribution in [0.15, 0.2) is 47.1 Å². The van der Waals surface area contributed by atoms with Gasteiger partial charge in [0.25, 0.3) is 0 Å². The molecule has 2 heterocycles. The maximum Gasteiger partial charge on any atom is 0.232 e.